The molecule has 126 valence electrons. The molecule has 0 aromatic carbocycles. The summed E-state index contributed by atoms with van der Waals surface area (Å²) in [4.78, 5) is 39.5. The summed E-state index contributed by atoms with van der Waals surface area (Å²) in [5, 5.41) is 19.5. The highest BCUT2D eigenvalue weighted by atomic mass is 31.2. The number of aromatic nitrogens is 4. The second kappa shape index (κ2) is 5.76. The first-order valence-corrected chi connectivity index (χ1v) is 7.93. The highest BCUT2D eigenvalue weighted by molar-refractivity contribution is 7.46. The number of aromatic amines is 1. The first-order valence-electron chi connectivity index (χ1n) is 6.40. The van der Waals surface area contributed by atoms with E-state index in [1.54, 1.807) is 0 Å². The average Bonchev–Trinajstić information content (AvgIpc) is 3.01. The molecule has 12 nitrogen and oxygen atoms in total. The number of hydrogen-bond acceptors (Lipinski definition) is 8. The predicted octanol–water partition coefficient (Wildman–Crippen LogP) is -2.15. The number of hydrogen-bond donors (Lipinski definition) is 5. The number of H-pyrrole nitrogens is 1. The van der Waals surface area contributed by atoms with Gasteiger partial charge in [-0.2, -0.15) is 0 Å². The van der Waals surface area contributed by atoms with Crippen molar-refractivity contribution in [2.24, 2.45) is 0 Å². The molecule has 13 heteroatoms. The van der Waals surface area contributed by atoms with Crippen molar-refractivity contribution in [2.75, 3.05) is 6.61 Å². The van der Waals surface area contributed by atoms with Gasteiger partial charge in [-0.3, -0.25) is 13.9 Å². The lowest BCUT2D eigenvalue weighted by Crippen LogP contribution is -2.35. The minimum Gasteiger partial charge on any atom is -0.394 e. The van der Waals surface area contributed by atoms with Crippen molar-refractivity contribution in [1.82, 2.24) is 19.5 Å². The van der Waals surface area contributed by atoms with Crippen molar-refractivity contribution in [3.63, 3.8) is 0 Å². The van der Waals surface area contributed by atoms with Crippen molar-refractivity contribution >= 4 is 19.0 Å². The molecule has 0 aliphatic carbocycles. The molecule has 1 fully saturated rings. The van der Waals surface area contributed by atoms with E-state index in [1.807, 2.05) is 0 Å². The lowest BCUT2D eigenvalue weighted by molar-refractivity contribution is -0.0509. The summed E-state index contributed by atoms with van der Waals surface area (Å²) >= 11 is 0. The van der Waals surface area contributed by atoms with Crippen LogP contribution < -0.4 is 5.56 Å². The number of rotatable bonds is 4. The molecule has 2 aromatic heterocycles. The third-order valence-corrected chi connectivity index (χ3v) is 3.91. The van der Waals surface area contributed by atoms with Gasteiger partial charge in [0, 0.05) is 0 Å². The molecule has 3 heterocycles. The summed E-state index contributed by atoms with van der Waals surface area (Å²) in [5.41, 5.74) is -0.391. The van der Waals surface area contributed by atoms with Gasteiger partial charge in [0.2, 0.25) is 0 Å². The number of nitrogens with zero attached hydrogens (tertiary/aromatic N) is 3. The van der Waals surface area contributed by atoms with Gasteiger partial charge in [-0.25, -0.2) is 14.5 Å². The highest BCUT2D eigenvalue weighted by Gasteiger charge is 2.48. The smallest absolute Gasteiger partial charge is 0.394 e. The zero-order valence-electron chi connectivity index (χ0n) is 11.4. The normalized spacial score (nSPS) is 28.5. The Morgan fingerprint density at radius 2 is 2.17 bits per heavy atom. The number of phosphoric ester groups is 1. The quantitative estimate of drug-likeness (QED) is 0.382. The van der Waals surface area contributed by atoms with Gasteiger partial charge < -0.3 is 29.7 Å². The monoisotopic (exact) mass is 348 g/mol. The topological polar surface area (TPSA) is 180 Å². The van der Waals surface area contributed by atoms with Gasteiger partial charge in [-0.15, -0.1) is 0 Å². The van der Waals surface area contributed by atoms with E-state index in [2.05, 4.69) is 19.5 Å². The van der Waals surface area contributed by atoms with E-state index in [1.165, 1.54) is 10.9 Å². The molecule has 23 heavy (non-hydrogen) atoms. The number of ether oxygens (including phenoxy) is 1. The van der Waals surface area contributed by atoms with Crippen molar-refractivity contribution in [3.8, 4) is 0 Å². The molecule has 1 aliphatic heterocycles. The van der Waals surface area contributed by atoms with E-state index in [0.29, 0.717) is 0 Å². The van der Waals surface area contributed by atoms with Gasteiger partial charge in [-0.05, 0) is 0 Å². The van der Waals surface area contributed by atoms with Crippen molar-refractivity contribution in [1.29, 1.82) is 0 Å². The Morgan fingerprint density at radius 3 is 2.83 bits per heavy atom. The maximum Gasteiger partial charge on any atom is 0.470 e. The molecule has 1 aliphatic rings. The van der Waals surface area contributed by atoms with E-state index < -0.39 is 44.5 Å². The Bertz CT molecular complexity index is 815. The molecule has 0 unspecified atom stereocenters. The zero-order valence-corrected chi connectivity index (χ0v) is 12.3. The van der Waals surface area contributed by atoms with Crippen molar-refractivity contribution < 1.29 is 33.8 Å². The van der Waals surface area contributed by atoms with E-state index >= 15 is 0 Å². The zero-order chi connectivity index (χ0) is 16.8. The SMILES string of the molecule is O=c1[nH]cnc2c1ncn2[C@@H]1O[C@@H](CO)[C@@H](OP(=O)(O)O)[C@@H]1O. The molecule has 0 saturated carbocycles. The molecule has 3 rings (SSSR count). The molecule has 0 amide bonds. The highest BCUT2D eigenvalue weighted by Crippen LogP contribution is 2.43. The number of imidazole rings is 1. The van der Waals surface area contributed by atoms with Crippen LogP contribution in [-0.4, -0.2) is 64.4 Å². The second-order valence-corrected chi connectivity index (χ2v) is 6.05. The Hall–Kier alpha value is -1.66. The fourth-order valence-electron chi connectivity index (χ4n) is 2.43. The van der Waals surface area contributed by atoms with Crippen LogP contribution in [0.4, 0.5) is 0 Å². The summed E-state index contributed by atoms with van der Waals surface area (Å²) < 4.78 is 22.1. The first-order chi connectivity index (χ1) is 10.8. The molecule has 2 aromatic rings. The number of phosphoric acid groups is 1. The molecule has 0 bridgehead atoms. The Labute approximate surface area is 127 Å². The molecular formula is C10H13N4O8P. The number of aliphatic hydroxyl groups is 2. The van der Waals surface area contributed by atoms with E-state index in [0.717, 1.165) is 6.33 Å². The van der Waals surface area contributed by atoms with Crippen LogP contribution >= 0.6 is 7.82 Å². The van der Waals surface area contributed by atoms with Gasteiger partial charge in [0.05, 0.1) is 19.3 Å². The third kappa shape index (κ3) is 2.93. The summed E-state index contributed by atoms with van der Waals surface area (Å²) in [6.07, 6.45) is -3.04. The van der Waals surface area contributed by atoms with Gasteiger partial charge in [0.1, 0.15) is 18.3 Å². The number of nitrogens with one attached hydrogen (secondary N) is 1. The summed E-state index contributed by atoms with van der Waals surface area (Å²) in [6, 6.07) is 0. The average molecular weight is 348 g/mol. The van der Waals surface area contributed by atoms with E-state index in [-0.39, 0.29) is 11.2 Å². The van der Waals surface area contributed by atoms with Crippen LogP contribution in [0.2, 0.25) is 0 Å². The standard InChI is InChI=1S/C10H13N4O8P/c15-1-4-7(22-23(18,19)20)6(16)10(21-4)14-3-13-5-8(14)11-2-12-9(5)17/h2-4,6-7,10,15-16H,1H2,(H,11,12,17)(H2,18,19,20)/t4-,6-,7+,10+/m0/s1. The van der Waals surface area contributed by atoms with Crippen molar-refractivity contribution in [2.45, 2.75) is 24.5 Å². The maximum absolute atomic E-state index is 11.6. The summed E-state index contributed by atoms with van der Waals surface area (Å²) in [6.45, 7) is -0.640. The largest absolute Gasteiger partial charge is 0.470 e. The lowest BCUT2D eigenvalue weighted by atomic mass is 10.1. The molecule has 4 atom stereocenters. The number of aliphatic hydroxyl groups excluding tert-OH is 2. The Morgan fingerprint density at radius 1 is 1.43 bits per heavy atom. The van der Waals surface area contributed by atoms with Crippen LogP contribution in [0, 0.1) is 0 Å². The van der Waals surface area contributed by atoms with Gasteiger partial charge in [-0.1, -0.05) is 0 Å². The Kier molecular flexibility index (Phi) is 4.06. The van der Waals surface area contributed by atoms with E-state index in [4.69, 9.17) is 14.5 Å². The summed E-state index contributed by atoms with van der Waals surface area (Å²) in [5.74, 6) is 0. The fourth-order valence-corrected chi connectivity index (χ4v) is 3.01. The van der Waals surface area contributed by atoms with Crippen LogP contribution in [0.25, 0.3) is 11.2 Å². The van der Waals surface area contributed by atoms with Crippen LogP contribution in [0.1, 0.15) is 6.23 Å². The second-order valence-electron chi connectivity index (χ2n) is 4.85. The predicted molar refractivity (Wildman–Crippen MR) is 72.1 cm³/mol. The minimum absolute atomic E-state index is 0.00297. The summed E-state index contributed by atoms with van der Waals surface area (Å²) in [7, 11) is -4.91. The van der Waals surface area contributed by atoms with Crippen LogP contribution in [0.15, 0.2) is 17.4 Å². The molecule has 1 saturated heterocycles. The molecule has 5 N–H and O–H groups in total. The van der Waals surface area contributed by atoms with Crippen LogP contribution in [0.3, 0.4) is 0 Å². The van der Waals surface area contributed by atoms with E-state index in [9.17, 15) is 19.6 Å². The number of fused-ring (bicyclic) bond motifs is 1. The first kappa shape index (κ1) is 16.2. The fraction of sp³-hybridized carbons (Fsp3) is 0.500. The lowest BCUT2D eigenvalue weighted by Gasteiger charge is -2.19. The molecule has 0 spiro atoms. The minimum atomic E-state index is -4.91. The van der Waals surface area contributed by atoms with Gasteiger partial charge in [0.25, 0.3) is 5.56 Å². The molecule has 0 radical (unpaired) electrons. The van der Waals surface area contributed by atoms with Crippen molar-refractivity contribution in [3.05, 3.63) is 23.0 Å². The van der Waals surface area contributed by atoms with Gasteiger partial charge >= 0.3 is 7.82 Å². The Balaban J connectivity index is 1.98. The maximum atomic E-state index is 11.6. The molecular weight excluding hydrogens is 335 g/mol. The van der Waals surface area contributed by atoms with Gasteiger partial charge in [0.15, 0.2) is 17.4 Å². The third-order valence-electron chi connectivity index (χ3n) is 3.39. The van der Waals surface area contributed by atoms with Crippen LogP contribution in [0.5, 0.6) is 0 Å². The van der Waals surface area contributed by atoms with Crippen LogP contribution in [-0.2, 0) is 13.8 Å².